The van der Waals surface area contributed by atoms with Crippen LogP contribution in [-0.4, -0.2) is 39.8 Å². The standard InChI is InChI=1S/C13H23F3N4/c1-12(10-17,5-4-6-13(14,15)16)20(3)9-11-18-7-8-19(11)2/h7-8H,4-6,9-10,17H2,1-3H3. The molecule has 1 aromatic rings. The van der Waals surface area contributed by atoms with Crippen LogP contribution in [0.15, 0.2) is 12.4 Å². The third kappa shape index (κ3) is 4.79. The predicted octanol–water partition coefficient (Wildman–Crippen LogP) is 2.30. The van der Waals surface area contributed by atoms with Gasteiger partial charge in [0.25, 0.3) is 0 Å². The minimum atomic E-state index is -4.10. The molecule has 0 radical (unpaired) electrons. The van der Waals surface area contributed by atoms with Crippen LogP contribution in [-0.2, 0) is 13.6 Å². The lowest BCUT2D eigenvalue weighted by molar-refractivity contribution is -0.136. The summed E-state index contributed by atoms with van der Waals surface area (Å²) in [6.07, 6.45) is -0.835. The zero-order valence-corrected chi connectivity index (χ0v) is 12.2. The third-order valence-corrected chi connectivity index (χ3v) is 3.84. The molecule has 0 aromatic carbocycles. The number of nitrogens with two attached hydrogens (primary N) is 1. The molecule has 1 unspecified atom stereocenters. The fourth-order valence-corrected chi connectivity index (χ4v) is 2.07. The van der Waals surface area contributed by atoms with E-state index in [4.69, 9.17) is 5.73 Å². The molecule has 0 aliphatic rings. The van der Waals surface area contributed by atoms with E-state index in [-0.39, 0.29) is 6.42 Å². The molecule has 4 nitrogen and oxygen atoms in total. The summed E-state index contributed by atoms with van der Waals surface area (Å²) in [6, 6.07) is 0. The van der Waals surface area contributed by atoms with E-state index in [9.17, 15) is 13.2 Å². The molecule has 0 spiro atoms. The van der Waals surface area contributed by atoms with E-state index in [2.05, 4.69) is 4.98 Å². The zero-order valence-electron chi connectivity index (χ0n) is 12.2. The van der Waals surface area contributed by atoms with Gasteiger partial charge in [-0.05, 0) is 26.8 Å². The lowest BCUT2D eigenvalue weighted by Gasteiger charge is -2.38. The van der Waals surface area contributed by atoms with Crippen LogP contribution in [0.4, 0.5) is 13.2 Å². The van der Waals surface area contributed by atoms with E-state index in [0.717, 1.165) is 5.82 Å². The number of aryl methyl sites for hydroxylation is 1. The molecule has 116 valence electrons. The zero-order chi connectivity index (χ0) is 15.4. The number of hydrogen-bond acceptors (Lipinski definition) is 3. The van der Waals surface area contributed by atoms with Crippen LogP contribution < -0.4 is 5.73 Å². The number of hydrogen-bond donors (Lipinski definition) is 1. The summed E-state index contributed by atoms with van der Waals surface area (Å²) < 4.78 is 38.6. The second-order valence-electron chi connectivity index (χ2n) is 5.48. The molecule has 0 aliphatic heterocycles. The molecule has 7 heteroatoms. The number of nitrogens with zero attached hydrogens (tertiary/aromatic N) is 3. The maximum absolute atomic E-state index is 12.2. The van der Waals surface area contributed by atoms with E-state index in [1.807, 2.05) is 36.7 Å². The van der Waals surface area contributed by atoms with Crippen molar-refractivity contribution in [3.8, 4) is 0 Å². The van der Waals surface area contributed by atoms with E-state index >= 15 is 0 Å². The molecule has 0 amide bonds. The molecule has 1 atom stereocenters. The van der Waals surface area contributed by atoms with Crippen molar-refractivity contribution in [1.82, 2.24) is 14.5 Å². The summed E-state index contributed by atoms with van der Waals surface area (Å²) in [5.41, 5.74) is 5.31. The lowest BCUT2D eigenvalue weighted by Crippen LogP contribution is -2.49. The fourth-order valence-electron chi connectivity index (χ4n) is 2.07. The molecule has 1 aromatic heterocycles. The number of likely N-dealkylation sites (N-methyl/N-ethyl adjacent to an activating group) is 1. The summed E-state index contributed by atoms with van der Waals surface area (Å²) in [5, 5.41) is 0. The summed E-state index contributed by atoms with van der Waals surface area (Å²) in [6.45, 7) is 2.77. The minimum absolute atomic E-state index is 0.0854. The molecule has 20 heavy (non-hydrogen) atoms. The van der Waals surface area contributed by atoms with Gasteiger partial charge < -0.3 is 10.3 Å². The first-order chi connectivity index (χ1) is 9.18. The second-order valence-corrected chi connectivity index (χ2v) is 5.48. The van der Waals surface area contributed by atoms with E-state index in [1.165, 1.54) is 0 Å². The van der Waals surface area contributed by atoms with Gasteiger partial charge in [0, 0.05) is 37.9 Å². The van der Waals surface area contributed by atoms with Crippen molar-refractivity contribution in [2.45, 2.75) is 44.4 Å². The Labute approximate surface area is 117 Å². The van der Waals surface area contributed by atoms with Crippen molar-refractivity contribution in [2.24, 2.45) is 12.8 Å². The summed E-state index contributed by atoms with van der Waals surface area (Å²) in [7, 11) is 3.76. The second kappa shape index (κ2) is 6.58. The lowest BCUT2D eigenvalue weighted by atomic mass is 9.93. The quantitative estimate of drug-likeness (QED) is 0.839. The van der Waals surface area contributed by atoms with Gasteiger partial charge in [0.15, 0.2) is 0 Å². The minimum Gasteiger partial charge on any atom is -0.337 e. The smallest absolute Gasteiger partial charge is 0.337 e. The largest absolute Gasteiger partial charge is 0.389 e. The van der Waals surface area contributed by atoms with Crippen molar-refractivity contribution in [2.75, 3.05) is 13.6 Å². The Morgan fingerprint density at radius 3 is 2.45 bits per heavy atom. The van der Waals surface area contributed by atoms with Gasteiger partial charge in [-0.2, -0.15) is 13.2 Å². The normalized spacial score (nSPS) is 15.6. The van der Waals surface area contributed by atoms with Gasteiger partial charge in [-0.1, -0.05) is 0 Å². The van der Waals surface area contributed by atoms with E-state index in [0.29, 0.717) is 19.5 Å². The van der Waals surface area contributed by atoms with Crippen LogP contribution in [0.25, 0.3) is 0 Å². The number of imidazole rings is 1. The Bertz CT molecular complexity index is 416. The molecule has 1 rings (SSSR count). The van der Waals surface area contributed by atoms with Gasteiger partial charge in [-0.15, -0.1) is 0 Å². The highest BCUT2D eigenvalue weighted by atomic mass is 19.4. The van der Waals surface area contributed by atoms with Crippen molar-refractivity contribution in [3.63, 3.8) is 0 Å². The van der Waals surface area contributed by atoms with Crippen molar-refractivity contribution >= 4 is 0 Å². The average molecular weight is 292 g/mol. The maximum atomic E-state index is 12.2. The van der Waals surface area contributed by atoms with Gasteiger partial charge in [0.1, 0.15) is 5.82 Å². The molecule has 0 saturated heterocycles. The van der Waals surface area contributed by atoms with Gasteiger partial charge in [-0.25, -0.2) is 4.98 Å². The van der Waals surface area contributed by atoms with Crippen LogP contribution in [0.3, 0.4) is 0 Å². The summed E-state index contributed by atoms with van der Waals surface area (Å²) >= 11 is 0. The van der Waals surface area contributed by atoms with Gasteiger partial charge in [0.05, 0.1) is 6.54 Å². The first-order valence-electron chi connectivity index (χ1n) is 6.62. The highest BCUT2D eigenvalue weighted by Gasteiger charge is 2.32. The Morgan fingerprint density at radius 1 is 1.35 bits per heavy atom. The van der Waals surface area contributed by atoms with E-state index < -0.39 is 18.1 Å². The Balaban J connectivity index is 2.60. The average Bonchev–Trinajstić information content (AvgIpc) is 2.73. The van der Waals surface area contributed by atoms with E-state index in [1.54, 1.807) is 6.20 Å². The molecular weight excluding hydrogens is 269 g/mol. The van der Waals surface area contributed by atoms with Gasteiger partial charge in [0.2, 0.25) is 0 Å². The maximum Gasteiger partial charge on any atom is 0.389 e. The van der Waals surface area contributed by atoms with Gasteiger partial charge in [-0.3, -0.25) is 4.90 Å². The summed E-state index contributed by atoms with van der Waals surface area (Å²) in [5.74, 6) is 0.864. The molecule has 0 fully saturated rings. The topological polar surface area (TPSA) is 47.1 Å². The molecule has 0 aliphatic carbocycles. The number of aromatic nitrogens is 2. The van der Waals surface area contributed by atoms with Crippen molar-refractivity contribution in [1.29, 1.82) is 0 Å². The number of alkyl halides is 3. The van der Waals surface area contributed by atoms with Crippen LogP contribution >= 0.6 is 0 Å². The fraction of sp³-hybridized carbons (Fsp3) is 0.769. The third-order valence-electron chi connectivity index (χ3n) is 3.84. The van der Waals surface area contributed by atoms with Crippen LogP contribution in [0.2, 0.25) is 0 Å². The number of rotatable bonds is 7. The molecular formula is C13H23F3N4. The summed E-state index contributed by atoms with van der Waals surface area (Å²) in [4.78, 5) is 6.20. The molecule has 2 N–H and O–H groups in total. The van der Waals surface area contributed by atoms with Gasteiger partial charge >= 0.3 is 6.18 Å². The van der Waals surface area contributed by atoms with Crippen LogP contribution in [0.5, 0.6) is 0 Å². The number of halogens is 3. The predicted molar refractivity (Wildman–Crippen MR) is 72.0 cm³/mol. The Kier molecular flexibility index (Phi) is 5.59. The first-order valence-corrected chi connectivity index (χ1v) is 6.62. The van der Waals surface area contributed by atoms with Crippen LogP contribution in [0.1, 0.15) is 32.0 Å². The Morgan fingerprint density at radius 2 is 2.00 bits per heavy atom. The SMILES string of the molecule is CN(Cc1nccn1C)C(C)(CN)CCCC(F)(F)F. The monoisotopic (exact) mass is 292 g/mol. The molecule has 1 heterocycles. The highest BCUT2D eigenvalue weighted by molar-refractivity contribution is 4.94. The Hall–Kier alpha value is -1.08. The first kappa shape index (κ1) is 17.0. The van der Waals surface area contributed by atoms with Crippen molar-refractivity contribution in [3.05, 3.63) is 18.2 Å². The highest BCUT2D eigenvalue weighted by Crippen LogP contribution is 2.27. The molecule has 0 bridgehead atoms. The van der Waals surface area contributed by atoms with Crippen LogP contribution in [0, 0.1) is 0 Å². The van der Waals surface area contributed by atoms with Crippen molar-refractivity contribution < 1.29 is 13.2 Å². The molecule has 0 saturated carbocycles.